The maximum atomic E-state index is 8.78. The summed E-state index contributed by atoms with van der Waals surface area (Å²) in [5, 5.41) is 8.78. The van der Waals surface area contributed by atoms with Crippen LogP contribution in [0.3, 0.4) is 0 Å². The first-order valence-corrected chi connectivity index (χ1v) is 7.92. The van der Waals surface area contributed by atoms with Gasteiger partial charge in [-0.2, -0.15) is 0 Å². The Morgan fingerprint density at radius 2 is 1.71 bits per heavy atom. The van der Waals surface area contributed by atoms with Crippen LogP contribution in [0.5, 0.6) is 11.5 Å². The Labute approximate surface area is 129 Å². The summed E-state index contributed by atoms with van der Waals surface area (Å²) in [6.07, 6.45) is 2.06. The van der Waals surface area contributed by atoms with E-state index >= 15 is 0 Å². The molecule has 122 valence electrons. The molecule has 0 amide bonds. The molecular formula is C17H30O4. The van der Waals surface area contributed by atoms with Gasteiger partial charge in [-0.1, -0.05) is 33.8 Å². The zero-order chi connectivity index (χ0) is 16.1. The molecule has 0 bridgehead atoms. The Morgan fingerprint density at radius 1 is 1.10 bits per heavy atom. The summed E-state index contributed by atoms with van der Waals surface area (Å²) < 4.78 is 11.0. The molecule has 0 spiro atoms. The van der Waals surface area contributed by atoms with Crippen molar-refractivity contribution in [1.29, 1.82) is 0 Å². The lowest BCUT2D eigenvalue weighted by Crippen LogP contribution is -2.21. The normalized spacial score (nSPS) is 14.2. The van der Waals surface area contributed by atoms with Crippen LogP contribution in [0, 0.1) is 12.8 Å². The van der Waals surface area contributed by atoms with Crippen molar-refractivity contribution in [3.05, 3.63) is 23.8 Å². The molecule has 1 N–H and O–H groups in total. The Morgan fingerprint density at radius 3 is 2.29 bits per heavy atom. The quantitative estimate of drug-likeness (QED) is 0.646. The van der Waals surface area contributed by atoms with Gasteiger partial charge < -0.3 is 14.4 Å². The smallest absolute Gasteiger partial charge is 0.207 e. The monoisotopic (exact) mass is 298 g/mol. The topological polar surface area (TPSA) is 47.9 Å². The van der Waals surface area contributed by atoms with Gasteiger partial charge in [-0.15, -0.1) is 0 Å². The lowest BCUT2D eigenvalue weighted by molar-refractivity contribution is -0.139. The van der Waals surface area contributed by atoms with Gasteiger partial charge >= 0.3 is 0 Å². The molecule has 4 heteroatoms. The van der Waals surface area contributed by atoms with Gasteiger partial charge in [0, 0.05) is 13.2 Å². The van der Waals surface area contributed by atoms with Gasteiger partial charge in [-0.05, 0) is 43.4 Å². The van der Waals surface area contributed by atoms with Gasteiger partial charge in [0.2, 0.25) is 5.75 Å². The SMILES string of the molecule is CC.CC.Cc1ccc(OCC2CCOCC2)c(OO)c1. The van der Waals surface area contributed by atoms with Crippen molar-refractivity contribution < 1.29 is 19.6 Å². The van der Waals surface area contributed by atoms with E-state index in [4.69, 9.17) is 14.7 Å². The zero-order valence-corrected chi connectivity index (χ0v) is 14.0. The minimum absolute atomic E-state index is 0.372. The molecular weight excluding hydrogens is 268 g/mol. The fourth-order valence-corrected chi connectivity index (χ4v) is 1.93. The third-order valence-corrected chi connectivity index (χ3v) is 3.01. The molecule has 0 radical (unpaired) electrons. The number of hydrogen-bond acceptors (Lipinski definition) is 4. The molecule has 1 saturated heterocycles. The van der Waals surface area contributed by atoms with Gasteiger partial charge in [0.05, 0.1) is 6.61 Å². The van der Waals surface area contributed by atoms with Crippen molar-refractivity contribution in [1.82, 2.24) is 0 Å². The average molecular weight is 298 g/mol. The van der Waals surface area contributed by atoms with E-state index in [9.17, 15) is 0 Å². The highest BCUT2D eigenvalue weighted by molar-refractivity contribution is 5.42. The van der Waals surface area contributed by atoms with Crippen LogP contribution in [-0.2, 0) is 4.74 Å². The van der Waals surface area contributed by atoms with E-state index in [-0.39, 0.29) is 0 Å². The zero-order valence-electron chi connectivity index (χ0n) is 14.0. The van der Waals surface area contributed by atoms with E-state index < -0.39 is 0 Å². The largest absolute Gasteiger partial charge is 0.489 e. The lowest BCUT2D eigenvalue weighted by atomic mass is 10.0. The number of ether oxygens (including phenoxy) is 2. The van der Waals surface area contributed by atoms with Gasteiger partial charge in [0.15, 0.2) is 5.75 Å². The second-order valence-electron chi connectivity index (χ2n) is 4.41. The second-order valence-corrected chi connectivity index (χ2v) is 4.41. The fourth-order valence-electron chi connectivity index (χ4n) is 1.93. The molecule has 21 heavy (non-hydrogen) atoms. The number of aryl methyl sites for hydroxylation is 1. The molecule has 1 aliphatic heterocycles. The third-order valence-electron chi connectivity index (χ3n) is 3.01. The Balaban J connectivity index is 0.000000921. The summed E-state index contributed by atoms with van der Waals surface area (Å²) in [6.45, 7) is 12.2. The van der Waals surface area contributed by atoms with Crippen LogP contribution in [0.25, 0.3) is 0 Å². The summed E-state index contributed by atoms with van der Waals surface area (Å²) in [5.41, 5.74) is 1.02. The molecule has 4 nitrogen and oxygen atoms in total. The Bertz CT molecular complexity index is 360. The number of rotatable bonds is 4. The molecule has 1 fully saturated rings. The molecule has 0 atom stereocenters. The van der Waals surface area contributed by atoms with Crippen LogP contribution in [-0.4, -0.2) is 25.1 Å². The van der Waals surface area contributed by atoms with Crippen molar-refractivity contribution in [2.24, 2.45) is 5.92 Å². The molecule has 0 unspecified atom stereocenters. The van der Waals surface area contributed by atoms with Crippen molar-refractivity contribution in [3.63, 3.8) is 0 Å². The maximum absolute atomic E-state index is 8.78. The van der Waals surface area contributed by atoms with E-state index in [1.165, 1.54) is 0 Å². The van der Waals surface area contributed by atoms with E-state index in [0.29, 0.717) is 24.0 Å². The Hall–Kier alpha value is -1.26. The summed E-state index contributed by atoms with van der Waals surface area (Å²) in [7, 11) is 0. The minimum Gasteiger partial charge on any atom is -0.489 e. The van der Waals surface area contributed by atoms with E-state index in [0.717, 1.165) is 31.6 Å². The first-order valence-electron chi connectivity index (χ1n) is 7.92. The highest BCUT2D eigenvalue weighted by Crippen LogP contribution is 2.28. The summed E-state index contributed by atoms with van der Waals surface area (Å²) in [6, 6.07) is 5.50. The number of benzene rings is 1. The molecule has 0 aliphatic carbocycles. The summed E-state index contributed by atoms with van der Waals surface area (Å²) >= 11 is 0. The highest BCUT2D eigenvalue weighted by atomic mass is 17.1. The minimum atomic E-state index is 0.372. The average Bonchev–Trinajstić information content (AvgIpc) is 2.58. The number of hydrogen-bond donors (Lipinski definition) is 1. The van der Waals surface area contributed by atoms with Gasteiger partial charge in [-0.25, -0.2) is 5.26 Å². The van der Waals surface area contributed by atoms with Crippen molar-refractivity contribution in [2.75, 3.05) is 19.8 Å². The van der Waals surface area contributed by atoms with Crippen molar-refractivity contribution in [3.8, 4) is 11.5 Å². The second kappa shape index (κ2) is 12.5. The standard InChI is InChI=1S/C13H18O4.2C2H6/c1-10-2-3-12(13(8-10)17-14)16-9-11-4-6-15-7-5-11;2*1-2/h2-3,8,11,14H,4-7,9H2,1H3;2*1-2H3. The lowest BCUT2D eigenvalue weighted by Gasteiger charge is -2.22. The van der Waals surface area contributed by atoms with Gasteiger partial charge in [0.1, 0.15) is 0 Å². The highest BCUT2D eigenvalue weighted by Gasteiger charge is 2.15. The Kier molecular flexibility index (Phi) is 11.7. The van der Waals surface area contributed by atoms with E-state index in [1.54, 1.807) is 6.07 Å². The fraction of sp³-hybridized carbons (Fsp3) is 0.647. The maximum Gasteiger partial charge on any atom is 0.207 e. The van der Waals surface area contributed by atoms with E-state index in [2.05, 4.69) is 4.89 Å². The predicted octanol–water partition coefficient (Wildman–Crippen LogP) is 4.70. The first kappa shape index (κ1) is 19.7. The van der Waals surface area contributed by atoms with Crippen LogP contribution in [0.2, 0.25) is 0 Å². The molecule has 1 aromatic carbocycles. The third kappa shape index (κ3) is 7.34. The van der Waals surface area contributed by atoms with Gasteiger partial charge in [-0.3, -0.25) is 0 Å². The summed E-state index contributed by atoms with van der Waals surface area (Å²) in [4.78, 5) is 4.32. The molecule has 0 aromatic heterocycles. The van der Waals surface area contributed by atoms with Crippen molar-refractivity contribution >= 4 is 0 Å². The van der Waals surface area contributed by atoms with Crippen LogP contribution in [0.15, 0.2) is 18.2 Å². The molecule has 0 saturated carbocycles. The predicted molar refractivity (Wildman–Crippen MR) is 86.2 cm³/mol. The first-order chi connectivity index (χ1) is 10.3. The van der Waals surface area contributed by atoms with Crippen molar-refractivity contribution in [2.45, 2.75) is 47.5 Å². The van der Waals surface area contributed by atoms with Crippen LogP contribution >= 0.6 is 0 Å². The molecule has 2 rings (SSSR count). The van der Waals surface area contributed by atoms with E-state index in [1.807, 2.05) is 46.8 Å². The van der Waals surface area contributed by atoms with Crippen LogP contribution in [0.4, 0.5) is 0 Å². The summed E-state index contributed by atoms with van der Waals surface area (Å²) in [5.74, 6) is 1.48. The molecule has 1 heterocycles. The molecule has 1 aromatic rings. The van der Waals surface area contributed by atoms with Gasteiger partial charge in [0.25, 0.3) is 0 Å². The van der Waals surface area contributed by atoms with Crippen LogP contribution in [0.1, 0.15) is 46.1 Å². The van der Waals surface area contributed by atoms with Crippen LogP contribution < -0.4 is 9.62 Å². The molecule has 1 aliphatic rings.